The van der Waals surface area contributed by atoms with E-state index in [1.165, 1.54) is 16.2 Å². The fraction of sp³-hybridized carbons (Fsp3) is 0. The van der Waals surface area contributed by atoms with Gasteiger partial charge in [-0.1, -0.05) is 48.6 Å². The summed E-state index contributed by atoms with van der Waals surface area (Å²) < 4.78 is 0.777. The first kappa shape index (κ1) is 8.62. The lowest BCUT2D eigenvalue weighted by Gasteiger charge is -2.02. The molecular weight excluding hydrogens is 202 g/mol. The maximum atomic E-state index is 5.15. The molecule has 0 fully saturated rings. The van der Waals surface area contributed by atoms with Crippen LogP contribution < -0.4 is 0 Å². The standard InChI is InChI=1S/C13H9NS/c15-12-8-7-10-6-5-9-3-1-2-4-11(9)13(10)14-12/h1-8H,(H,14,15). The second-order valence-electron chi connectivity index (χ2n) is 3.57. The molecule has 0 radical (unpaired) electrons. The minimum absolute atomic E-state index is 0.777. The Morgan fingerprint density at radius 2 is 1.53 bits per heavy atom. The van der Waals surface area contributed by atoms with Gasteiger partial charge in [-0.05, 0) is 22.9 Å². The van der Waals surface area contributed by atoms with E-state index in [4.69, 9.17) is 12.2 Å². The summed E-state index contributed by atoms with van der Waals surface area (Å²) >= 11 is 5.15. The van der Waals surface area contributed by atoms with Crippen molar-refractivity contribution in [1.29, 1.82) is 0 Å². The molecule has 72 valence electrons. The van der Waals surface area contributed by atoms with Crippen LogP contribution in [-0.2, 0) is 0 Å². The fourth-order valence-electron chi connectivity index (χ4n) is 1.90. The predicted octanol–water partition coefficient (Wildman–Crippen LogP) is 4.05. The Morgan fingerprint density at radius 3 is 2.47 bits per heavy atom. The summed E-state index contributed by atoms with van der Waals surface area (Å²) in [6.07, 6.45) is 0. The minimum atomic E-state index is 0.777. The maximum Gasteiger partial charge on any atom is 0.103 e. The van der Waals surface area contributed by atoms with Gasteiger partial charge in [0, 0.05) is 5.39 Å². The van der Waals surface area contributed by atoms with E-state index in [-0.39, 0.29) is 0 Å². The largest absolute Gasteiger partial charge is 0.346 e. The van der Waals surface area contributed by atoms with Crippen molar-refractivity contribution in [2.24, 2.45) is 0 Å². The first-order valence-corrected chi connectivity index (χ1v) is 5.26. The average molecular weight is 211 g/mol. The van der Waals surface area contributed by atoms with Crippen LogP contribution >= 0.6 is 12.2 Å². The number of pyridine rings is 1. The average Bonchev–Trinajstić information content (AvgIpc) is 2.29. The number of hydrogen-bond acceptors (Lipinski definition) is 1. The van der Waals surface area contributed by atoms with Gasteiger partial charge in [0.1, 0.15) is 4.64 Å². The van der Waals surface area contributed by atoms with Crippen LogP contribution in [0.2, 0.25) is 0 Å². The Hall–Kier alpha value is -1.67. The number of rotatable bonds is 0. The first-order valence-electron chi connectivity index (χ1n) is 4.85. The van der Waals surface area contributed by atoms with Crippen LogP contribution in [0.3, 0.4) is 0 Å². The molecule has 1 N–H and O–H groups in total. The first-order chi connectivity index (χ1) is 7.34. The monoisotopic (exact) mass is 211 g/mol. The summed E-state index contributed by atoms with van der Waals surface area (Å²) in [6, 6.07) is 16.5. The van der Waals surface area contributed by atoms with E-state index in [1.54, 1.807) is 0 Å². The van der Waals surface area contributed by atoms with Gasteiger partial charge >= 0.3 is 0 Å². The molecule has 1 nitrogen and oxygen atoms in total. The van der Waals surface area contributed by atoms with Gasteiger partial charge in [0.15, 0.2) is 0 Å². The van der Waals surface area contributed by atoms with E-state index < -0.39 is 0 Å². The molecule has 0 amide bonds. The predicted molar refractivity (Wildman–Crippen MR) is 66.6 cm³/mol. The Labute approximate surface area is 92.4 Å². The van der Waals surface area contributed by atoms with Gasteiger partial charge in [0.05, 0.1) is 5.52 Å². The van der Waals surface area contributed by atoms with Gasteiger partial charge in [-0.2, -0.15) is 0 Å². The lowest BCUT2D eigenvalue weighted by atomic mass is 10.1. The summed E-state index contributed by atoms with van der Waals surface area (Å²) in [7, 11) is 0. The summed E-state index contributed by atoms with van der Waals surface area (Å²) in [5, 5.41) is 3.66. The van der Waals surface area contributed by atoms with Gasteiger partial charge < -0.3 is 4.98 Å². The van der Waals surface area contributed by atoms with Crippen molar-refractivity contribution in [1.82, 2.24) is 4.98 Å². The van der Waals surface area contributed by atoms with E-state index in [1.807, 2.05) is 18.2 Å². The molecule has 2 aromatic carbocycles. The van der Waals surface area contributed by atoms with Crippen LogP contribution in [-0.4, -0.2) is 4.98 Å². The Balaban J connectivity index is 2.63. The highest BCUT2D eigenvalue weighted by Crippen LogP contribution is 2.22. The maximum absolute atomic E-state index is 5.15. The van der Waals surface area contributed by atoms with Crippen molar-refractivity contribution in [2.45, 2.75) is 0 Å². The molecule has 3 rings (SSSR count). The molecule has 2 heteroatoms. The van der Waals surface area contributed by atoms with Crippen LogP contribution in [0, 0.1) is 4.64 Å². The van der Waals surface area contributed by atoms with Gasteiger partial charge in [0.25, 0.3) is 0 Å². The zero-order valence-electron chi connectivity index (χ0n) is 8.03. The number of fused-ring (bicyclic) bond motifs is 3. The van der Waals surface area contributed by atoms with Gasteiger partial charge in [-0.3, -0.25) is 0 Å². The van der Waals surface area contributed by atoms with Crippen LogP contribution in [0.25, 0.3) is 21.7 Å². The SMILES string of the molecule is S=c1ccc2ccc3ccccc3c2[nH]1. The van der Waals surface area contributed by atoms with Crippen LogP contribution in [0.1, 0.15) is 0 Å². The fourth-order valence-corrected chi connectivity index (χ4v) is 2.07. The third-order valence-corrected chi connectivity index (χ3v) is 2.86. The third-order valence-electron chi connectivity index (χ3n) is 2.62. The van der Waals surface area contributed by atoms with Crippen molar-refractivity contribution in [2.75, 3.05) is 0 Å². The van der Waals surface area contributed by atoms with Crippen molar-refractivity contribution in [3.63, 3.8) is 0 Å². The zero-order chi connectivity index (χ0) is 10.3. The zero-order valence-corrected chi connectivity index (χ0v) is 8.84. The van der Waals surface area contributed by atoms with Crippen LogP contribution in [0.15, 0.2) is 48.5 Å². The summed E-state index contributed by atoms with van der Waals surface area (Å²) in [5.41, 5.74) is 1.13. The highest BCUT2D eigenvalue weighted by Gasteiger charge is 1.98. The molecule has 0 aliphatic carbocycles. The molecule has 0 saturated carbocycles. The second kappa shape index (κ2) is 3.17. The number of aromatic nitrogens is 1. The van der Waals surface area contributed by atoms with E-state index in [9.17, 15) is 0 Å². The van der Waals surface area contributed by atoms with Crippen molar-refractivity contribution >= 4 is 33.9 Å². The smallest absolute Gasteiger partial charge is 0.103 e. The summed E-state index contributed by atoms with van der Waals surface area (Å²) in [4.78, 5) is 3.25. The van der Waals surface area contributed by atoms with Crippen molar-refractivity contribution < 1.29 is 0 Å². The molecule has 0 spiro atoms. The molecule has 0 saturated heterocycles. The Bertz CT molecular complexity index is 697. The Kier molecular flexibility index (Phi) is 1.82. The molecule has 0 aliphatic rings. The molecule has 15 heavy (non-hydrogen) atoms. The lowest BCUT2D eigenvalue weighted by molar-refractivity contribution is 1.39. The molecule has 0 unspecified atom stereocenters. The number of H-pyrrole nitrogens is 1. The quantitative estimate of drug-likeness (QED) is 0.438. The van der Waals surface area contributed by atoms with E-state index in [0.29, 0.717) is 0 Å². The highest BCUT2D eigenvalue weighted by molar-refractivity contribution is 7.71. The topological polar surface area (TPSA) is 15.8 Å². The van der Waals surface area contributed by atoms with Gasteiger partial charge in [-0.25, -0.2) is 0 Å². The molecule has 0 bridgehead atoms. The van der Waals surface area contributed by atoms with Crippen LogP contribution in [0.4, 0.5) is 0 Å². The minimum Gasteiger partial charge on any atom is -0.346 e. The van der Waals surface area contributed by atoms with Crippen molar-refractivity contribution in [3.05, 3.63) is 53.2 Å². The number of aromatic amines is 1. The third kappa shape index (κ3) is 1.34. The highest BCUT2D eigenvalue weighted by atomic mass is 32.1. The number of benzene rings is 2. The molecule has 1 heterocycles. The number of hydrogen-bond donors (Lipinski definition) is 1. The lowest BCUT2D eigenvalue weighted by Crippen LogP contribution is -1.81. The summed E-state index contributed by atoms with van der Waals surface area (Å²) in [5.74, 6) is 0. The number of nitrogens with one attached hydrogen (secondary N) is 1. The van der Waals surface area contributed by atoms with Crippen molar-refractivity contribution in [3.8, 4) is 0 Å². The van der Waals surface area contributed by atoms with Gasteiger partial charge in [0.2, 0.25) is 0 Å². The molecule has 3 aromatic rings. The van der Waals surface area contributed by atoms with E-state index >= 15 is 0 Å². The molecule has 1 aromatic heterocycles. The molecule has 0 atom stereocenters. The molecule has 0 aliphatic heterocycles. The van der Waals surface area contributed by atoms with E-state index in [2.05, 4.69) is 35.3 Å². The van der Waals surface area contributed by atoms with Gasteiger partial charge in [-0.15, -0.1) is 0 Å². The summed E-state index contributed by atoms with van der Waals surface area (Å²) in [6.45, 7) is 0. The normalized spacial score (nSPS) is 10.9. The molecular formula is C13H9NS. The van der Waals surface area contributed by atoms with E-state index in [0.717, 1.165) is 10.2 Å². The Morgan fingerprint density at radius 1 is 0.800 bits per heavy atom. The second-order valence-corrected chi connectivity index (χ2v) is 4.01. The van der Waals surface area contributed by atoms with Crippen LogP contribution in [0.5, 0.6) is 0 Å².